The molecule has 1 aromatic carbocycles. The quantitative estimate of drug-likeness (QED) is 0.434. The highest BCUT2D eigenvalue weighted by atomic mass is 32.1. The summed E-state index contributed by atoms with van der Waals surface area (Å²) in [5, 5.41) is 5.88. The van der Waals surface area contributed by atoms with E-state index in [1.165, 1.54) is 11.3 Å². The molecule has 0 unspecified atom stereocenters. The van der Waals surface area contributed by atoms with E-state index in [2.05, 4.69) is 15.1 Å². The number of carbonyl (C=O) groups excluding carboxylic acids is 3. The van der Waals surface area contributed by atoms with Gasteiger partial charge in [-0.15, -0.1) is 11.3 Å². The monoisotopic (exact) mass is 458 g/mol. The maximum absolute atomic E-state index is 12.9. The zero-order valence-corrected chi connectivity index (χ0v) is 17.8. The highest BCUT2D eigenvalue weighted by molar-refractivity contribution is 7.12. The summed E-state index contributed by atoms with van der Waals surface area (Å²) in [6.07, 6.45) is 2.48. The number of imide groups is 1. The summed E-state index contributed by atoms with van der Waals surface area (Å²) in [5.41, 5.74) is 2.85. The number of fused-ring (bicyclic) bond motifs is 6. The van der Waals surface area contributed by atoms with Gasteiger partial charge < -0.3 is 9.42 Å². The van der Waals surface area contributed by atoms with E-state index in [-0.39, 0.29) is 42.0 Å². The molecule has 0 aliphatic carbocycles. The van der Waals surface area contributed by atoms with Crippen molar-refractivity contribution in [2.75, 3.05) is 6.54 Å². The minimum absolute atomic E-state index is 0.0164. The van der Waals surface area contributed by atoms with Gasteiger partial charge in [0.25, 0.3) is 23.6 Å². The Morgan fingerprint density at radius 2 is 1.85 bits per heavy atom. The number of rotatable bonds is 3. The molecule has 3 aromatic heterocycles. The van der Waals surface area contributed by atoms with Gasteiger partial charge in [0.2, 0.25) is 0 Å². The predicted octanol–water partition coefficient (Wildman–Crippen LogP) is 2.68. The van der Waals surface area contributed by atoms with Crippen LogP contribution in [0.25, 0.3) is 17.3 Å². The second kappa shape index (κ2) is 6.45. The van der Waals surface area contributed by atoms with E-state index >= 15 is 0 Å². The molecule has 6 heterocycles. The largest absolute Gasteiger partial charge is 0.332 e. The molecule has 1 fully saturated rings. The van der Waals surface area contributed by atoms with E-state index < -0.39 is 0 Å². The molecule has 3 aliphatic heterocycles. The summed E-state index contributed by atoms with van der Waals surface area (Å²) >= 11 is 1.41. The Bertz CT molecular complexity index is 1460. The van der Waals surface area contributed by atoms with Crippen molar-refractivity contribution in [1.29, 1.82) is 0 Å². The SMILES string of the molecule is O=C1c2ccccc2C(=O)N1Cc1noc(-c2ncn3c2[C@@H]2CCN2C(=O)c2sccc2-3)n1. The smallest absolute Gasteiger partial charge is 0.278 e. The first-order valence-electron chi connectivity index (χ1n) is 10.4. The summed E-state index contributed by atoms with van der Waals surface area (Å²) < 4.78 is 7.40. The number of carbonyl (C=O) groups is 3. The summed E-state index contributed by atoms with van der Waals surface area (Å²) in [7, 11) is 0. The Kier molecular flexibility index (Phi) is 3.61. The Morgan fingerprint density at radius 1 is 1.06 bits per heavy atom. The first-order valence-corrected chi connectivity index (χ1v) is 11.2. The molecular weight excluding hydrogens is 444 g/mol. The minimum Gasteiger partial charge on any atom is -0.332 e. The fraction of sp³-hybridized carbons (Fsp3) is 0.182. The third-order valence-corrected chi connectivity index (χ3v) is 7.24. The van der Waals surface area contributed by atoms with Crippen LogP contribution in [0.5, 0.6) is 0 Å². The molecule has 0 bridgehead atoms. The van der Waals surface area contributed by atoms with Crippen molar-refractivity contribution in [3.63, 3.8) is 0 Å². The topological polar surface area (TPSA) is 114 Å². The molecule has 3 amide bonds. The van der Waals surface area contributed by atoms with Gasteiger partial charge in [-0.2, -0.15) is 4.98 Å². The van der Waals surface area contributed by atoms with Gasteiger partial charge in [0, 0.05) is 6.54 Å². The van der Waals surface area contributed by atoms with Crippen LogP contribution >= 0.6 is 11.3 Å². The molecule has 10 nitrogen and oxygen atoms in total. The fourth-order valence-electron chi connectivity index (χ4n) is 4.67. The van der Waals surface area contributed by atoms with Crippen molar-refractivity contribution < 1.29 is 18.9 Å². The number of amides is 3. The third-order valence-electron chi connectivity index (χ3n) is 6.35. The van der Waals surface area contributed by atoms with E-state index in [9.17, 15) is 14.4 Å². The average Bonchev–Trinajstić information content (AvgIpc) is 3.56. The number of aromatic nitrogens is 4. The van der Waals surface area contributed by atoms with Crippen molar-refractivity contribution in [2.24, 2.45) is 0 Å². The van der Waals surface area contributed by atoms with E-state index in [0.29, 0.717) is 28.2 Å². The van der Waals surface area contributed by atoms with Crippen molar-refractivity contribution in [3.8, 4) is 17.3 Å². The Balaban J connectivity index is 1.24. The zero-order valence-electron chi connectivity index (χ0n) is 17.0. The average molecular weight is 458 g/mol. The van der Waals surface area contributed by atoms with E-state index in [4.69, 9.17) is 4.52 Å². The van der Waals surface area contributed by atoms with Crippen LogP contribution in [-0.4, -0.2) is 53.8 Å². The van der Waals surface area contributed by atoms with E-state index in [1.807, 2.05) is 20.9 Å². The summed E-state index contributed by atoms with van der Waals surface area (Å²) in [4.78, 5) is 50.8. The second-order valence-corrected chi connectivity index (χ2v) is 8.96. The van der Waals surface area contributed by atoms with Crippen LogP contribution in [0.15, 0.2) is 46.6 Å². The molecule has 33 heavy (non-hydrogen) atoms. The Morgan fingerprint density at radius 3 is 2.58 bits per heavy atom. The van der Waals surface area contributed by atoms with E-state index in [0.717, 1.165) is 22.7 Å². The molecule has 0 radical (unpaired) electrons. The molecule has 11 heteroatoms. The number of hydrogen-bond acceptors (Lipinski definition) is 8. The standard InChI is InChI=1S/C22H14N6O4S/c29-20-11-3-1-2-4-12(11)21(30)27(20)9-15-24-19(32-25-15)16-17-13-5-7-26(13)22(31)18-14(6-8-33-18)28(17)10-23-16/h1-4,6,8,10,13H,5,7,9H2/t13-/m0/s1. The molecular formula is C22H14N6O4S. The molecule has 4 aromatic rings. The van der Waals surface area contributed by atoms with Crippen LogP contribution in [0.1, 0.15) is 54.4 Å². The number of thiophene rings is 1. The van der Waals surface area contributed by atoms with Crippen molar-refractivity contribution in [2.45, 2.75) is 19.0 Å². The molecule has 1 atom stereocenters. The van der Waals surface area contributed by atoms with Gasteiger partial charge in [0.1, 0.15) is 11.2 Å². The van der Waals surface area contributed by atoms with E-state index in [1.54, 1.807) is 30.6 Å². The van der Waals surface area contributed by atoms with Gasteiger partial charge in [-0.25, -0.2) is 4.98 Å². The molecule has 0 saturated carbocycles. The molecule has 7 rings (SSSR count). The Labute approximate surface area is 190 Å². The van der Waals surface area contributed by atoms with Crippen molar-refractivity contribution in [3.05, 3.63) is 69.6 Å². The highest BCUT2D eigenvalue weighted by Crippen LogP contribution is 2.44. The van der Waals surface area contributed by atoms with Crippen LogP contribution in [0.4, 0.5) is 0 Å². The van der Waals surface area contributed by atoms with Gasteiger partial charge in [-0.3, -0.25) is 23.9 Å². The summed E-state index contributed by atoms with van der Waals surface area (Å²) in [6, 6.07) is 8.47. The third kappa shape index (κ3) is 2.42. The fourth-order valence-corrected chi connectivity index (χ4v) is 5.51. The number of hydrogen-bond donors (Lipinski definition) is 0. The molecule has 162 valence electrons. The summed E-state index contributed by atoms with van der Waals surface area (Å²) in [6.45, 7) is 0.578. The van der Waals surface area contributed by atoms with Gasteiger partial charge in [0.15, 0.2) is 11.5 Å². The molecule has 0 N–H and O–H groups in total. The first-order chi connectivity index (χ1) is 16.1. The van der Waals surface area contributed by atoms with Crippen LogP contribution in [0.3, 0.4) is 0 Å². The van der Waals surface area contributed by atoms with Crippen LogP contribution in [0, 0.1) is 0 Å². The van der Waals surface area contributed by atoms with Gasteiger partial charge in [-0.1, -0.05) is 17.3 Å². The van der Waals surface area contributed by atoms with Gasteiger partial charge in [-0.05, 0) is 30.0 Å². The lowest BCUT2D eigenvalue weighted by molar-refractivity contribution is 0.0465. The van der Waals surface area contributed by atoms with Crippen LogP contribution in [0.2, 0.25) is 0 Å². The lowest BCUT2D eigenvalue weighted by Crippen LogP contribution is -2.44. The maximum atomic E-state index is 12.9. The highest BCUT2D eigenvalue weighted by Gasteiger charge is 2.43. The van der Waals surface area contributed by atoms with Crippen molar-refractivity contribution >= 4 is 29.1 Å². The number of benzene rings is 1. The van der Waals surface area contributed by atoms with Crippen molar-refractivity contribution in [1.82, 2.24) is 29.5 Å². The van der Waals surface area contributed by atoms with Gasteiger partial charge in [0.05, 0.1) is 35.1 Å². The molecule has 3 aliphatic rings. The maximum Gasteiger partial charge on any atom is 0.278 e. The Hall–Kier alpha value is -4.12. The van der Waals surface area contributed by atoms with Gasteiger partial charge >= 0.3 is 0 Å². The zero-order chi connectivity index (χ0) is 22.3. The number of imidazole rings is 1. The predicted molar refractivity (Wildman–Crippen MR) is 114 cm³/mol. The van der Waals surface area contributed by atoms with Crippen LogP contribution < -0.4 is 0 Å². The number of nitrogens with zero attached hydrogens (tertiary/aromatic N) is 6. The van der Waals surface area contributed by atoms with Crippen LogP contribution in [-0.2, 0) is 6.54 Å². The summed E-state index contributed by atoms with van der Waals surface area (Å²) in [5.74, 6) is -0.360. The lowest BCUT2D eigenvalue weighted by Gasteiger charge is -2.39. The second-order valence-electron chi connectivity index (χ2n) is 8.04. The normalized spacial score (nSPS) is 18.5. The molecule has 0 spiro atoms. The first kappa shape index (κ1) is 18.5. The lowest BCUT2D eigenvalue weighted by atomic mass is 9.98. The minimum atomic E-state index is -0.383. The molecule has 1 saturated heterocycles.